The predicted octanol–water partition coefficient (Wildman–Crippen LogP) is 3.56. The van der Waals surface area contributed by atoms with E-state index >= 15 is 0 Å². The second-order valence-corrected chi connectivity index (χ2v) is 9.82. The number of benzene rings is 2. The molecule has 0 unspecified atom stereocenters. The number of nitrogens with zero attached hydrogens (tertiary/aromatic N) is 2. The maximum absolute atomic E-state index is 13.0. The minimum absolute atomic E-state index is 0.110. The summed E-state index contributed by atoms with van der Waals surface area (Å²) in [5, 5.41) is 4.78. The summed E-state index contributed by atoms with van der Waals surface area (Å²) in [6, 6.07) is 9.52. The Bertz CT molecular complexity index is 1100. The third kappa shape index (κ3) is 5.35. The fourth-order valence-corrected chi connectivity index (χ4v) is 5.35. The van der Waals surface area contributed by atoms with Crippen LogP contribution >= 0.6 is 23.2 Å². The van der Waals surface area contributed by atoms with Crippen molar-refractivity contribution in [3.8, 4) is 11.5 Å². The molecule has 1 N–H and O–H groups in total. The van der Waals surface area contributed by atoms with E-state index in [-0.39, 0.29) is 29.8 Å². The zero-order valence-electron chi connectivity index (χ0n) is 17.5. The topological polar surface area (TPSA) is 97.3 Å². The highest BCUT2D eigenvalue weighted by molar-refractivity contribution is 7.89. The molecule has 172 valence electrons. The number of methoxy groups -OCH3 is 2. The van der Waals surface area contributed by atoms with E-state index in [0.29, 0.717) is 39.9 Å². The Labute approximate surface area is 197 Å². The van der Waals surface area contributed by atoms with Crippen molar-refractivity contribution in [3.63, 3.8) is 0 Å². The maximum atomic E-state index is 13.0. The smallest absolute Gasteiger partial charge is 0.243 e. The van der Waals surface area contributed by atoms with Gasteiger partial charge in [-0.05, 0) is 37.1 Å². The summed E-state index contributed by atoms with van der Waals surface area (Å²) in [7, 11) is -0.798. The minimum atomic E-state index is -3.72. The molecule has 32 heavy (non-hydrogen) atoms. The van der Waals surface area contributed by atoms with Crippen LogP contribution in [0.15, 0.2) is 46.4 Å². The van der Waals surface area contributed by atoms with Crippen LogP contribution in [0.3, 0.4) is 0 Å². The molecule has 0 spiro atoms. The van der Waals surface area contributed by atoms with E-state index in [2.05, 4.69) is 10.5 Å². The van der Waals surface area contributed by atoms with Crippen LogP contribution in [-0.2, 0) is 14.8 Å². The van der Waals surface area contributed by atoms with Crippen molar-refractivity contribution in [2.75, 3.05) is 27.3 Å². The SMILES string of the molecule is COc1ccc(S(=O)(=O)N2CCC(C(=O)N/N=C\c3c(Cl)cccc3Cl)CC2)cc1OC. The fourth-order valence-electron chi connectivity index (χ4n) is 3.37. The van der Waals surface area contributed by atoms with Gasteiger partial charge in [-0.2, -0.15) is 9.41 Å². The van der Waals surface area contributed by atoms with Gasteiger partial charge in [0.2, 0.25) is 15.9 Å². The number of halogens is 2. The highest BCUT2D eigenvalue weighted by Gasteiger charge is 2.32. The molecule has 1 saturated heterocycles. The third-order valence-corrected chi connectivity index (χ3v) is 7.74. The van der Waals surface area contributed by atoms with Crippen LogP contribution in [0, 0.1) is 5.92 Å². The van der Waals surface area contributed by atoms with E-state index in [9.17, 15) is 13.2 Å². The van der Waals surface area contributed by atoms with Crippen LogP contribution in [0.2, 0.25) is 10.0 Å². The van der Waals surface area contributed by atoms with Gasteiger partial charge in [-0.1, -0.05) is 29.3 Å². The lowest BCUT2D eigenvalue weighted by atomic mass is 9.98. The van der Waals surface area contributed by atoms with E-state index in [1.165, 1.54) is 36.9 Å². The number of hydrogen-bond acceptors (Lipinski definition) is 6. The lowest BCUT2D eigenvalue weighted by molar-refractivity contribution is -0.126. The molecule has 0 saturated carbocycles. The zero-order valence-corrected chi connectivity index (χ0v) is 19.9. The molecular weight excluding hydrogens is 477 g/mol. The second kappa shape index (κ2) is 10.5. The Kier molecular flexibility index (Phi) is 8.00. The zero-order chi connectivity index (χ0) is 23.3. The Morgan fingerprint density at radius 2 is 1.72 bits per heavy atom. The number of rotatable bonds is 7. The van der Waals surface area contributed by atoms with E-state index < -0.39 is 10.0 Å². The third-order valence-electron chi connectivity index (χ3n) is 5.19. The number of sulfonamides is 1. The lowest BCUT2D eigenvalue weighted by Crippen LogP contribution is -2.42. The van der Waals surface area contributed by atoms with Gasteiger partial charge in [-0.3, -0.25) is 4.79 Å². The first kappa shape index (κ1) is 24.3. The quantitative estimate of drug-likeness (QED) is 0.463. The molecule has 0 aromatic heterocycles. The second-order valence-electron chi connectivity index (χ2n) is 7.06. The Hall–Kier alpha value is -2.33. The average molecular weight is 500 g/mol. The largest absolute Gasteiger partial charge is 0.493 e. The number of amides is 1. The lowest BCUT2D eigenvalue weighted by Gasteiger charge is -2.30. The molecule has 0 bridgehead atoms. The summed E-state index contributed by atoms with van der Waals surface area (Å²) >= 11 is 12.1. The van der Waals surface area contributed by atoms with E-state index in [0.717, 1.165) is 0 Å². The van der Waals surface area contributed by atoms with Gasteiger partial charge >= 0.3 is 0 Å². The first-order chi connectivity index (χ1) is 15.3. The number of carbonyl (C=O) groups excluding carboxylic acids is 1. The molecule has 3 rings (SSSR count). The maximum Gasteiger partial charge on any atom is 0.243 e. The molecule has 2 aromatic rings. The Morgan fingerprint density at radius 3 is 2.31 bits per heavy atom. The van der Waals surface area contributed by atoms with Crippen molar-refractivity contribution < 1.29 is 22.7 Å². The molecule has 1 heterocycles. The molecule has 2 aromatic carbocycles. The number of nitrogens with one attached hydrogen (secondary N) is 1. The van der Waals surface area contributed by atoms with Crippen LogP contribution in [-0.4, -0.2) is 52.2 Å². The number of ether oxygens (including phenoxy) is 2. The van der Waals surface area contributed by atoms with Gasteiger partial charge in [0.1, 0.15) is 0 Å². The summed E-state index contributed by atoms with van der Waals surface area (Å²) < 4.78 is 37.7. The van der Waals surface area contributed by atoms with Crippen molar-refractivity contribution in [2.24, 2.45) is 11.0 Å². The van der Waals surface area contributed by atoms with Crippen LogP contribution in [0.5, 0.6) is 11.5 Å². The summed E-state index contributed by atoms with van der Waals surface area (Å²) in [4.78, 5) is 12.6. The summed E-state index contributed by atoms with van der Waals surface area (Å²) in [6.07, 6.45) is 2.14. The monoisotopic (exact) mass is 499 g/mol. The highest BCUT2D eigenvalue weighted by atomic mass is 35.5. The van der Waals surface area contributed by atoms with E-state index in [1.54, 1.807) is 24.3 Å². The minimum Gasteiger partial charge on any atom is -0.493 e. The van der Waals surface area contributed by atoms with Crippen LogP contribution in [0.25, 0.3) is 0 Å². The molecule has 11 heteroatoms. The number of carbonyl (C=O) groups is 1. The molecule has 0 aliphatic carbocycles. The molecular formula is C21H23Cl2N3O5S. The van der Waals surface area contributed by atoms with Crippen LogP contribution in [0.4, 0.5) is 0 Å². The molecule has 0 atom stereocenters. The predicted molar refractivity (Wildman–Crippen MR) is 123 cm³/mol. The van der Waals surface area contributed by atoms with Gasteiger partial charge < -0.3 is 9.47 Å². The van der Waals surface area contributed by atoms with E-state index in [1.807, 2.05) is 0 Å². The first-order valence-electron chi connectivity index (χ1n) is 9.77. The number of hydrogen-bond donors (Lipinski definition) is 1. The van der Waals surface area contributed by atoms with Gasteiger partial charge in [-0.25, -0.2) is 13.8 Å². The Balaban J connectivity index is 1.60. The van der Waals surface area contributed by atoms with Gasteiger partial charge in [0.15, 0.2) is 11.5 Å². The Morgan fingerprint density at radius 1 is 1.09 bits per heavy atom. The number of piperidine rings is 1. The highest BCUT2D eigenvalue weighted by Crippen LogP contribution is 2.32. The molecule has 1 amide bonds. The van der Waals surface area contributed by atoms with Crippen molar-refractivity contribution in [1.29, 1.82) is 0 Å². The van der Waals surface area contributed by atoms with Gasteiger partial charge in [0.05, 0.1) is 35.4 Å². The number of hydrazone groups is 1. The summed E-state index contributed by atoms with van der Waals surface area (Å²) in [6.45, 7) is 0.434. The van der Waals surface area contributed by atoms with Crippen molar-refractivity contribution in [3.05, 3.63) is 52.0 Å². The molecule has 1 aliphatic rings. The molecule has 1 aliphatic heterocycles. The summed E-state index contributed by atoms with van der Waals surface area (Å²) in [5.41, 5.74) is 2.99. The van der Waals surface area contributed by atoms with Gasteiger partial charge in [0.25, 0.3) is 0 Å². The van der Waals surface area contributed by atoms with Crippen molar-refractivity contribution >= 4 is 45.3 Å². The molecule has 8 nitrogen and oxygen atoms in total. The van der Waals surface area contributed by atoms with Crippen molar-refractivity contribution in [2.45, 2.75) is 17.7 Å². The standard InChI is InChI=1S/C21H23Cl2N3O5S/c1-30-19-7-6-15(12-20(19)31-2)32(28,29)26-10-8-14(9-11-26)21(27)25-24-13-16-17(22)4-3-5-18(16)23/h3-7,12-14H,8-11H2,1-2H3,(H,25,27)/b24-13-. The normalized spacial score (nSPS) is 15.6. The van der Waals surface area contributed by atoms with Crippen LogP contribution in [0.1, 0.15) is 18.4 Å². The van der Waals surface area contributed by atoms with Crippen molar-refractivity contribution in [1.82, 2.24) is 9.73 Å². The fraction of sp³-hybridized carbons (Fsp3) is 0.333. The molecule has 1 fully saturated rings. The van der Waals surface area contributed by atoms with Gasteiger partial charge in [0, 0.05) is 30.6 Å². The molecule has 0 radical (unpaired) electrons. The van der Waals surface area contributed by atoms with Gasteiger partial charge in [-0.15, -0.1) is 0 Å². The van der Waals surface area contributed by atoms with E-state index in [4.69, 9.17) is 32.7 Å². The first-order valence-corrected chi connectivity index (χ1v) is 12.0. The summed E-state index contributed by atoms with van der Waals surface area (Å²) in [5.74, 6) is 0.137. The van der Waals surface area contributed by atoms with Crippen LogP contribution < -0.4 is 14.9 Å². The average Bonchev–Trinajstić information content (AvgIpc) is 2.80.